The number of hydrogen-bond donors (Lipinski definition) is 1. The van der Waals surface area contributed by atoms with Crippen LogP contribution in [0.5, 0.6) is 0 Å². The number of nitro benzene ring substituents is 1. The van der Waals surface area contributed by atoms with Crippen LogP contribution in [0, 0.1) is 10.1 Å². The zero-order chi connectivity index (χ0) is 18.4. The minimum absolute atomic E-state index is 0.0861. The largest absolute Gasteiger partial charge is 0.416 e. The third kappa shape index (κ3) is 5.30. The molecule has 0 spiro atoms. The number of halogens is 3. The normalized spacial score (nSPS) is 12.1. The second-order valence-corrected chi connectivity index (χ2v) is 5.43. The first-order valence-corrected chi connectivity index (χ1v) is 7.46. The zero-order valence-electron chi connectivity index (χ0n) is 13.4. The molecule has 132 valence electrons. The van der Waals surface area contributed by atoms with E-state index in [1.165, 1.54) is 0 Å². The molecule has 0 amide bonds. The summed E-state index contributed by atoms with van der Waals surface area (Å²) in [5.74, 6) is 0. The Morgan fingerprint density at radius 3 is 2.48 bits per heavy atom. The molecule has 2 rings (SSSR count). The van der Waals surface area contributed by atoms with E-state index >= 15 is 0 Å². The molecule has 5 nitrogen and oxygen atoms in total. The zero-order valence-corrected chi connectivity index (χ0v) is 13.4. The minimum atomic E-state index is -4.64. The summed E-state index contributed by atoms with van der Waals surface area (Å²) in [5.41, 5.74) is 2.46. The smallest absolute Gasteiger partial charge is 0.272 e. The van der Waals surface area contributed by atoms with Crippen molar-refractivity contribution in [3.63, 3.8) is 0 Å². The highest BCUT2D eigenvalue weighted by molar-refractivity contribution is 5.83. The van der Waals surface area contributed by atoms with Gasteiger partial charge in [-0.3, -0.25) is 15.5 Å². The molecule has 0 aliphatic rings. The summed E-state index contributed by atoms with van der Waals surface area (Å²) in [6, 6.07) is 12.0. The second kappa shape index (κ2) is 7.78. The summed E-state index contributed by atoms with van der Waals surface area (Å²) in [6.07, 6.45) is -3.28. The van der Waals surface area contributed by atoms with E-state index in [-0.39, 0.29) is 5.69 Å². The highest BCUT2D eigenvalue weighted by Crippen LogP contribution is 2.34. The number of nitro groups is 1. The number of hydrogen-bond acceptors (Lipinski definition) is 4. The maximum Gasteiger partial charge on any atom is 0.416 e. The van der Waals surface area contributed by atoms with Crippen molar-refractivity contribution < 1.29 is 18.1 Å². The number of nitrogens with one attached hydrogen (secondary N) is 1. The Morgan fingerprint density at radius 2 is 1.88 bits per heavy atom. The maximum atomic E-state index is 12.7. The lowest BCUT2D eigenvalue weighted by atomic mass is 10.1. The molecular formula is C17H16F3N3O2. The first-order valence-electron chi connectivity index (χ1n) is 7.46. The molecule has 0 unspecified atom stereocenters. The predicted octanol–water partition coefficient (Wildman–Crippen LogP) is 5.03. The Bertz CT molecular complexity index is 774. The first kappa shape index (κ1) is 18.4. The van der Waals surface area contributed by atoms with Gasteiger partial charge in [0.1, 0.15) is 5.69 Å². The van der Waals surface area contributed by atoms with E-state index in [1.54, 1.807) is 6.92 Å². The average molecular weight is 351 g/mol. The minimum Gasteiger partial charge on any atom is -0.272 e. The molecule has 0 bridgehead atoms. The highest BCUT2D eigenvalue weighted by Gasteiger charge is 2.33. The molecule has 0 aromatic heterocycles. The van der Waals surface area contributed by atoms with E-state index in [1.807, 2.05) is 30.3 Å². The van der Waals surface area contributed by atoms with E-state index in [0.29, 0.717) is 18.2 Å². The first-order chi connectivity index (χ1) is 11.8. The van der Waals surface area contributed by atoms with Crippen LogP contribution < -0.4 is 5.43 Å². The lowest BCUT2D eigenvalue weighted by molar-refractivity contribution is -0.384. The molecule has 0 aliphatic heterocycles. The monoisotopic (exact) mass is 351 g/mol. The van der Waals surface area contributed by atoms with Crippen molar-refractivity contribution in [2.75, 3.05) is 5.43 Å². The van der Waals surface area contributed by atoms with Crippen LogP contribution in [-0.4, -0.2) is 10.6 Å². The maximum absolute atomic E-state index is 12.7. The average Bonchev–Trinajstić information content (AvgIpc) is 2.58. The molecule has 0 atom stereocenters. The van der Waals surface area contributed by atoms with Gasteiger partial charge in [0.15, 0.2) is 0 Å². The number of aryl methyl sites for hydroxylation is 1. The summed E-state index contributed by atoms with van der Waals surface area (Å²) in [5, 5.41) is 15.0. The van der Waals surface area contributed by atoms with Crippen molar-refractivity contribution in [3.05, 3.63) is 69.8 Å². The van der Waals surface area contributed by atoms with E-state index in [9.17, 15) is 23.3 Å². The van der Waals surface area contributed by atoms with Crippen molar-refractivity contribution in [2.24, 2.45) is 5.10 Å². The molecule has 0 saturated carbocycles. The van der Waals surface area contributed by atoms with Crippen molar-refractivity contribution in [1.82, 2.24) is 0 Å². The van der Waals surface area contributed by atoms with E-state index in [4.69, 9.17) is 0 Å². The van der Waals surface area contributed by atoms with Crippen LogP contribution in [-0.2, 0) is 12.6 Å². The molecule has 8 heteroatoms. The van der Waals surface area contributed by atoms with Gasteiger partial charge in [0.05, 0.1) is 10.5 Å². The van der Waals surface area contributed by atoms with E-state index < -0.39 is 22.4 Å². The standard InChI is InChI=1S/C17H16F3N3O2/c1-12(7-8-13-5-3-2-4-6-13)21-22-15-10-9-14(17(18,19)20)11-16(15)23(24)25/h2-6,9-11,22H,7-8H2,1H3. The van der Waals surface area contributed by atoms with Gasteiger partial charge < -0.3 is 0 Å². The summed E-state index contributed by atoms with van der Waals surface area (Å²) in [6.45, 7) is 1.74. The number of nitrogens with zero attached hydrogens (tertiary/aromatic N) is 2. The van der Waals surface area contributed by atoms with Crippen molar-refractivity contribution in [1.29, 1.82) is 0 Å². The fourth-order valence-corrected chi connectivity index (χ4v) is 2.14. The molecule has 25 heavy (non-hydrogen) atoms. The van der Waals surface area contributed by atoms with Crippen LogP contribution in [0.2, 0.25) is 0 Å². The number of rotatable bonds is 6. The molecule has 2 aromatic rings. The van der Waals surface area contributed by atoms with Crippen LogP contribution in [0.1, 0.15) is 24.5 Å². The van der Waals surface area contributed by atoms with Crippen LogP contribution in [0.25, 0.3) is 0 Å². The molecular weight excluding hydrogens is 335 g/mol. The van der Waals surface area contributed by atoms with Gasteiger partial charge in [-0.15, -0.1) is 0 Å². The molecule has 0 heterocycles. The molecule has 0 radical (unpaired) electrons. The summed E-state index contributed by atoms with van der Waals surface area (Å²) < 4.78 is 38.0. The Hall–Kier alpha value is -2.90. The summed E-state index contributed by atoms with van der Waals surface area (Å²) >= 11 is 0. The SMILES string of the molecule is CC(CCc1ccccc1)=NNc1ccc(C(F)(F)F)cc1[N+](=O)[O-]. The molecule has 0 saturated heterocycles. The van der Waals surface area contributed by atoms with Gasteiger partial charge in [-0.2, -0.15) is 18.3 Å². The van der Waals surface area contributed by atoms with Crippen molar-refractivity contribution >= 4 is 17.1 Å². The lowest BCUT2D eigenvalue weighted by Crippen LogP contribution is -2.07. The van der Waals surface area contributed by atoms with Crippen LogP contribution >= 0.6 is 0 Å². The van der Waals surface area contributed by atoms with Crippen molar-refractivity contribution in [2.45, 2.75) is 25.9 Å². The highest BCUT2D eigenvalue weighted by atomic mass is 19.4. The van der Waals surface area contributed by atoms with Crippen molar-refractivity contribution in [3.8, 4) is 0 Å². The topological polar surface area (TPSA) is 67.5 Å². The Labute approximate surface area is 142 Å². The van der Waals surface area contributed by atoms with Gasteiger partial charge in [0, 0.05) is 11.8 Å². The molecule has 1 N–H and O–H groups in total. The number of hydrazone groups is 1. The van der Waals surface area contributed by atoms with Crippen LogP contribution in [0.15, 0.2) is 53.6 Å². The van der Waals surface area contributed by atoms with Gasteiger partial charge in [0.25, 0.3) is 5.69 Å². The number of benzene rings is 2. The molecule has 2 aromatic carbocycles. The fourth-order valence-electron chi connectivity index (χ4n) is 2.14. The number of anilines is 1. The van der Waals surface area contributed by atoms with Gasteiger partial charge in [0.2, 0.25) is 0 Å². The fraction of sp³-hybridized carbons (Fsp3) is 0.235. The van der Waals surface area contributed by atoms with E-state index in [2.05, 4.69) is 10.5 Å². The Kier molecular flexibility index (Phi) is 5.74. The van der Waals surface area contributed by atoms with E-state index in [0.717, 1.165) is 24.1 Å². The second-order valence-electron chi connectivity index (χ2n) is 5.43. The number of alkyl halides is 3. The summed E-state index contributed by atoms with van der Waals surface area (Å²) in [7, 11) is 0. The third-order valence-electron chi connectivity index (χ3n) is 3.51. The molecule has 0 fully saturated rings. The third-order valence-corrected chi connectivity index (χ3v) is 3.51. The molecule has 0 aliphatic carbocycles. The van der Waals surface area contributed by atoms with Gasteiger partial charge in [-0.1, -0.05) is 30.3 Å². The van der Waals surface area contributed by atoms with Gasteiger partial charge >= 0.3 is 6.18 Å². The van der Waals surface area contributed by atoms with Crippen LogP contribution in [0.4, 0.5) is 24.5 Å². The predicted molar refractivity (Wildman–Crippen MR) is 89.6 cm³/mol. The summed E-state index contributed by atoms with van der Waals surface area (Å²) in [4.78, 5) is 10.1. The Balaban J connectivity index is 2.09. The van der Waals surface area contributed by atoms with Gasteiger partial charge in [-0.25, -0.2) is 0 Å². The lowest BCUT2D eigenvalue weighted by Gasteiger charge is -2.09. The quantitative estimate of drug-likeness (QED) is 0.451. The van der Waals surface area contributed by atoms with Gasteiger partial charge in [-0.05, 0) is 37.5 Å². The Morgan fingerprint density at radius 1 is 1.20 bits per heavy atom. The van der Waals surface area contributed by atoms with Crippen LogP contribution in [0.3, 0.4) is 0 Å².